The molecule has 0 aromatic carbocycles. The molecule has 6 nitrogen and oxygen atoms in total. The molecule has 0 radical (unpaired) electrons. The normalized spacial score (nSPS) is 12.8. The first kappa shape index (κ1) is 15.2. The summed E-state index contributed by atoms with van der Waals surface area (Å²) in [5, 5.41) is 0. The van der Waals surface area contributed by atoms with E-state index in [9.17, 15) is 14.4 Å². The van der Waals surface area contributed by atoms with Gasteiger partial charge in [0.05, 0.1) is 13.2 Å². The minimum absolute atomic E-state index is 0.249. The predicted octanol–water partition coefficient (Wildman–Crippen LogP) is 0.303. The van der Waals surface area contributed by atoms with Crippen molar-refractivity contribution in [3.63, 3.8) is 0 Å². The molecule has 0 amide bonds. The van der Waals surface area contributed by atoms with Gasteiger partial charge in [0.25, 0.3) is 5.78 Å². The summed E-state index contributed by atoms with van der Waals surface area (Å²) in [7, 11) is 1.12. The lowest BCUT2D eigenvalue weighted by Crippen LogP contribution is -2.16. The van der Waals surface area contributed by atoms with Crippen LogP contribution in [-0.4, -0.2) is 30.9 Å². The molecular weight excluding hydrogens is 226 g/mol. The van der Waals surface area contributed by atoms with E-state index in [2.05, 4.69) is 4.74 Å². The SMILES string of the molecule is COC(=O)C(=O)/C=C(\N)CCC(C)OC(C)=O. The van der Waals surface area contributed by atoms with Crippen molar-refractivity contribution in [2.24, 2.45) is 5.73 Å². The van der Waals surface area contributed by atoms with Crippen LogP contribution >= 0.6 is 0 Å². The van der Waals surface area contributed by atoms with E-state index in [0.717, 1.165) is 13.2 Å². The van der Waals surface area contributed by atoms with Crippen LogP contribution in [0.3, 0.4) is 0 Å². The van der Waals surface area contributed by atoms with Crippen LogP contribution in [0.5, 0.6) is 0 Å². The zero-order chi connectivity index (χ0) is 13.4. The lowest BCUT2D eigenvalue weighted by Gasteiger charge is -2.11. The largest absolute Gasteiger partial charge is 0.463 e. The molecule has 0 spiro atoms. The number of carbonyl (C=O) groups is 3. The molecular formula is C11H17NO5. The highest BCUT2D eigenvalue weighted by molar-refractivity contribution is 6.38. The van der Waals surface area contributed by atoms with E-state index >= 15 is 0 Å². The molecule has 0 fully saturated rings. The molecule has 0 aliphatic rings. The molecule has 0 bridgehead atoms. The maximum Gasteiger partial charge on any atom is 0.378 e. The number of hydrogen-bond donors (Lipinski definition) is 1. The van der Waals surface area contributed by atoms with Crippen molar-refractivity contribution in [1.82, 2.24) is 0 Å². The highest BCUT2D eigenvalue weighted by Crippen LogP contribution is 2.06. The van der Waals surface area contributed by atoms with E-state index in [1.165, 1.54) is 6.92 Å². The zero-order valence-electron chi connectivity index (χ0n) is 10.2. The first-order valence-electron chi connectivity index (χ1n) is 5.12. The van der Waals surface area contributed by atoms with Gasteiger partial charge >= 0.3 is 11.9 Å². The van der Waals surface area contributed by atoms with E-state index in [1.807, 2.05) is 0 Å². The van der Waals surface area contributed by atoms with Crippen molar-refractivity contribution in [3.05, 3.63) is 11.8 Å². The van der Waals surface area contributed by atoms with Gasteiger partial charge in [-0.3, -0.25) is 9.59 Å². The summed E-state index contributed by atoms with van der Waals surface area (Å²) in [5.41, 5.74) is 5.79. The third-order valence-electron chi connectivity index (χ3n) is 1.91. The predicted molar refractivity (Wildman–Crippen MR) is 59.8 cm³/mol. The van der Waals surface area contributed by atoms with Gasteiger partial charge in [0.1, 0.15) is 0 Å². The number of nitrogens with two attached hydrogens (primary N) is 1. The highest BCUT2D eigenvalue weighted by atomic mass is 16.5. The fourth-order valence-electron chi connectivity index (χ4n) is 1.11. The maximum atomic E-state index is 11.1. The van der Waals surface area contributed by atoms with E-state index in [1.54, 1.807) is 6.92 Å². The van der Waals surface area contributed by atoms with Gasteiger partial charge in [0.2, 0.25) is 0 Å². The van der Waals surface area contributed by atoms with Crippen LogP contribution in [0.25, 0.3) is 0 Å². The van der Waals surface area contributed by atoms with Gasteiger partial charge in [-0.1, -0.05) is 0 Å². The summed E-state index contributed by atoms with van der Waals surface area (Å²) in [6, 6.07) is 0. The lowest BCUT2D eigenvalue weighted by atomic mass is 10.1. The van der Waals surface area contributed by atoms with Crippen LogP contribution in [0.1, 0.15) is 26.7 Å². The van der Waals surface area contributed by atoms with Crippen LogP contribution in [0.15, 0.2) is 11.8 Å². The molecule has 17 heavy (non-hydrogen) atoms. The smallest absolute Gasteiger partial charge is 0.378 e. The molecule has 0 aliphatic carbocycles. The minimum Gasteiger partial charge on any atom is -0.463 e. The molecule has 6 heteroatoms. The van der Waals surface area contributed by atoms with Crippen LogP contribution in [-0.2, 0) is 23.9 Å². The van der Waals surface area contributed by atoms with Crippen molar-refractivity contribution >= 4 is 17.7 Å². The number of carbonyl (C=O) groups excluding carboxylic acids is 3. The Labute approximate surface area is 99.8 Å². The molecule has 0 aliphatic heterocycles. The molecule has 1 atom stereocenters. The Morgan fingerprint density at radius 2 is 1.94 bits per heavy atom. The third-order valence-corrected chi connectivity index (χ3v) is 1.91. The Morgan fingerprint density at radius 1 is 1.35 bits per heavy atom. The van der Waals surface area contributed by atoms with Crippen molar-refractivity contribution < 1.29 is 23.9 Å². The van der Waals surface area contributed by atoms with Crippen molar-refractivity contribution in [2.75, 3.05) is 7.11 Å². The Kier molecular flexibility index (Phi) is 6.62. The number of rotatable bonds is 6. The lowest BCUT2D eigenvalue weighted by molar-refractivity contribution is -0.149. The number of ether oxygens (including phenoxy) is 2. The third kappa shape index (κ3) is 7.10. The maximum absolute atomic E-state index is 11.1. The van der Waals surface area contributed by atoms with Gasteiger partial charge < -0.3 is 15.2 Å². The fourth-order valence-corrected chi connectivity index (χ4v) is 1.11. The molecule has 0 heterocycles. The van der Waals surface area contributed by atoms with Crippen LogP contribution < -0.4 is 5.73 Å². The number of esters is 2. The molecule has 0 saturated heterocycles. The van der Waals surface area contributed by atoms with E-state index in [-0.39, 0.29) is 17.8 Å². The summed E-state index contributed by atoms with van der Waals surface area (Å²) in [5.74, 6) is -2.13. The van der Waals surface area contributed by atoms with Gasteiger partial charge in [-0.15, -0.1) is 0 Å². The van der Waals surface area contributed by atoms with Gasteiger partial charge in [-0.05, 0) is 19.8 Å². The first-order chi connectivity index (χ1) is 7.86. The molecule has 0 saturated carbocycles. The average Bonchev–Trinajstić information content (AvgIpc) is 2.24. The molecule has 0 rings (SSSR count). The zero-order valence-corrected chi connectivity index (χ0v) is 10.2. The summed E-state index contributed by atoms with van der Waals surface area (Å²) in [4.78, 5) is 32.5. The van der Waals surface area contributed by atoms with Crippen LogP contribution in [0.2, 0.25) is 0 Å². The monoisotopic (exact) mass is 243 g/mol. The second-order valence-electron chi connectivity index (χ2n) is 3.53. The number of ketones is 1. The highest BCUT2D eigenvalue weighted by Gasteiger charge is 2.12. The van der Waals surface area contributed by atoms with E-state index in [4.69, 9.17) is 10.5 Å². The molecule has 0 aromatic heterocycles. The summed E-state index contributed by atoms with van der Waals surface area (Å²) >= 11 is 0. The van der Waals surface area contributed by atoms with Crippen molar-refractivity contribution in [1.29, 1.82) is 0 Å². The summed E-state index contributed by atoms with van der Waals surface area (Å²) in [6.07, 6.45) is 1.58. The van der Waals surface area contributed by atoms with Crippen LogP contribution in [0, 0.1) is 0 Å². The van der Waals surface area contributed by atoms with Gasteiger partial charge in [0, 0.05) is 18.7 Å². The second kappa shape index (κ2) is 7.43. The quantitative estimate of drug-likeness (QED) is 0.409. The number of hydrogen-bond acceptors (Lipinski definition) is 6. The average molecular weight is 243 g/mol. The first-order valence-corrected chi connectivity index (χ1v) is 5.12. The van der Waals surface area contributed by atoms with Gasteiger partial charge in [0.15, 0.2) is 0 Å². The Hall–Kier alpha value is -1.85. The van der Waals surface area contributed by atoms with Gasteiger partial charge in [-0.25, -0.2) is 4.79 Å². The summed E-state index contributed by atoms with van der Waals surface area (Å²) in [6.45, 7) is 3.04. The Morgan fingerprint density at radius 3 is 2.41 bits per heavy atom. The van der Waals surface area contributed by atoms with Crippen LogP contribution in [0.4, 0.5) is 0 Å². The van der Waals surface area contributed by atoms with Crippen molar-refractivity contribution in [3.8, 4) is 0 Å². The van der Waals surface area contributed by atoms with Gasteiger partial charge in [-0.2, -0.15) is 0 Å². The summed E-state index contributed by atoms with van der Waals surface area (Å²) < 4.78 is 9.11. The topological polar surface area (TPSA) is 95.7 Å². The molecule has 2 N–H and O–H groups in total. The molecule has 96 valence electrons. The van der Waals surface area contributed by atoms with E-state index < -0.39 is 11.8 Å². The van der Waals surface area contributed by atoms with E-state index in [0.29, 0.717) is 12.8 Å². The molecule has 1 unspecified atom stereocenters. The van der Waals surface area contributed by atoms with Crippen molar-refractivity contribution in [2.45, 2.75) is 32.8 Å². The Bertz CT molecular complexity index is 335. The fraction of sp³-hybridized carbons (Fsp3) is 0.545. The number of allylic oxidation sites excluding steroid dienone is 1. The Balaban J connectivity index is 4.13. The number of methoxy groups -OCH3 is 1. The standard InChI is InChI=1S/C11H17NO5/c1-7(17-8(2)13)4-5-9(12)6-10(14)11(15)16-3/h6-7H,4-5,12H2,1-3H3/b9-6-. The second-order valence-corrected chi connectivity index (χ2v) is 3.53. The minimum atomic E-state index is -0.957. The molecule has 0 aromatic rings.